The highest BCUT2D eigenvalue weighted by Crippen LogP contribution is 2.20. The number of nitrogens with zero attached hydrogens (tertiary/aromatic N) is 1. The lowest BCUT2D eigenvalue weighted by atomic mass is 10.0. The molecular weight excluding hydrogens is 274 g/mol. The van der Waals surface area contributed by atoms with E-state index in [1.165, 1.54) is 12.1 Å². The van der Waals surface area contributed by atoms with Gasteiger partial charge in [-0.1, -0.05) is 13.0 Å². The van der Waals surface area contributed by atoms with Gasteiger partial charge in [0.2, 0.25) is 0 Å². The maximum absolute atomic E-state index is 13.2. The SMILES string of the molecule is CCCOc1cncc(C(N)Cc2ccc(F)c(F)c2)c1. The van der Waals surface area contributed by atoms with Crippen molar-refractivity contribution in [3.05, 3.63) is 59.4 Å². The zero-order valence-electron chi connectivity index (χ0n) is 11.9. The number of hydrogen-bond donors (Lipinski definition) is 1. The summed E-state index contributed by atoms with van der Waals surface area (Å²) in [5.74, 6) is -1.06. The quantitative estimate of drug-likeness (QED) is 0.887. The van der Waals surface area contributed by atoms with Gasteiger partial charge in [-0.15, -0.1) is 0 Å². The first-order valence-electron chi connectivity index (χ1n) is 6.87. The zero-order valence-corrected chi connectivity index (χ0v) is 11.9. The van der Waals surface area contributed by atoms with Crippen LogP contribution in [0, 0.1) is 11.6 Å². The second kappa shape index (κ2) is 7.13. The summed E-state index contributed by atoms with van der Waals surface area (Å²) in [6.45, 7) is 2.63. The van der Waals surface area contributed by atoms with Crippen molar-refractivity contribution in [3.63, 3.8) is 0 Å². The van der Waals surface area contributed by atoms with E-state index in [0.717, 1.165) is 18.1 Å². The Kier molecular flexibility index (Phi) is 5.22. The molecule has 2 rings (SSSR count). The first kappa shape index (κ1) is 15.4. The number of hydrogen-bond acceptors (Lipinski definition) is 3. The molecule has 1 atom stereocenters. The predicted molar refractivity (Wildman–Crippen MR) is 77.0 cm³/mol. The summed E-state index contributed by atoms with van der Waals surface area (Å²) in [7, 11) is 0. The lowest BCUT2D eigenvalue weighted by Gasteiger charge is -2.13. The standard InChI is InChI=1S/C16H18F2N2O/c1-2-5-21-13-8-12(9-20-10-13)16(19)7-11-3-4-14(17)15(18)6-11/h3-4,6,8-10,16H,2,5,7,19H2,1H3. The molecule has 1 unspecified atom stereocenters. The van der Waals surface area contributed by atoms with Gasteiger partial charge in [0, 0.05) is 12.2 Å². The lowest BCUT2D eigenvalue weighted by molar-refractivity contribution is 0.315. The van der Waals surface area contributed by atoms with Crippen LogP contribution in [-0.2, 0) is 6.42 Å². The van der Waals surface area contributed by atoms with Crippen molar-refractivity contribution < 1.29 is 13.5 Å². The van der Waals surface area contributed by atoms with E-state index in [1.807, 2.05) is 13.0 Å². The highest BCUT2D eigenvalue weighted by Gasteiger charge is 2.11. The molecule has 0 spiro atoms. The van der Waals surface area contributed by atoms with Crippen LogP contribution in [0.5, 0.6) is 5.75 Å². The Morgan fingerprint density at radius 3 is 2.71 bits per heavy atom. The molecule has 1 aromatic carbocycles. The van der Waals surface area contributed by atoms with Crippen molar-refractivity contribution in [2.45, 2.75) is 25.8 Å². The van der Waals surface area contributed by atoms with E-state index in [9.17, 15) is 8.78 Å². The van der Waals surface area contributed by atoms with Gasteiger partial charge < -0.3 is 10.5 Å². The smallest absolute Gasteiger partial charge is 0.159 e. The largest absolute Gasteiger partial charge is 0.492 e. The third-order valence-electron chi connectivity index (χ3n) is 3.07. The molecule has 0 aliphatic carbocycles. The van der Waals surface area contributed by atoms with Gasteiger partial charge in [0.05, 0.1) is 12.8 Å². The van der Waals surface area contributed by atoms with Gasteiger partial charge in [-0.3, -0.25) is 4.98 Å². The van der Waals surface area contributed by atoms with E-state index in [-0.39, 0.29) is 6.04 Å². The second-order valence-electron chi connectivity index (χ2n) is 4.86. The van der Waals surface area contributed by atoms with Gasteiger partial charge in [0.15, 0.2) is 11.6 Å². The average molecular weight is 292 g/mol. The third-order valence-corrected chi connectivity index (χ3v) is 3.07. The maximum atomic E-state index is 13.2. The van der Waals surface area contributed by atoms with Crippen molar-refractivity contribution in [1.82, 2.24) is 4.98 Å². The van der Waals surface area contributed by atoms with Crippen LogP contribution >= 0.6 is 0 Å². The summed E-state index contributed by atoms with van der Waals surface area (Å²) >= 11 is 0. The van der Waals surface area contributed by atoms with Crippen molar-refractivity contribution in [2.75, 3.05) is 6.61 Å². The Balaban J connectivity index is 2.08. The molecule has 0 aliphatic rings. The van der Waals surface area contributed by atoms with Gasteiger partial charge in [-0.05, 0) is 42.2 Å². The van der Waals surface area contributed by atoms with Crippen LogP contribution in [0.1, 0.15) is 30.5 Å². The van der Waals surface area contributed by atoms with Crippen molar-refractivity contribution in [1.29, 1.82) is 0 Å². The Morgan fingerprint density at radius 1 is 1.19 bits per heavy atom. The number of rotatable bonds is 6. The summed E-state index contributed by atoms with van der Waals surface area (Å²) in [4.78, 5) is 4.09. The van der Waals surface area contributed by atoms with Crippen molar-refractivity contribution in [2.24, 2.45) is 5.73 Å². The maximum Gasteiger partial charge on any atom is 0.159 e. The fourth-order valence-corrected chi connectivity index (χ4v) is 1.98. The topological polar surface area (TPSA) is 48.1 Å². The number of pyridine rings is 1. The number of ether oxygens (including phenoxy) is 1. The Hall–Kier alpha value is -2.01. The van der Waals surface area contributed by atoms with Crippen LogP contribution in [0.2, 0.25) is 0 Å². The van der Waals surface area contributed by atoms with E-state index in [2.05, 4.69) is 4.98 Å². The lowest BCUT2D eigenvalue weighted by Crippen LogP contribution is -2.14. The molecule has 0 saturated carbocycles. The highest BCUT2D eigenvalue weighted by atomic mass is 19.2. The summed E-state index contributed by atoms with van der Waals surface area (Å²) in [5, 5.41) is 0. The first-order chi connectivity index (χ1) is 10.1. The predicted octanol–water partition coefficient (Wildman–Crippen LogP) is 3.39. The van der Waals surface area contributed by atoms with E-state index in [1.54, 1.807) is 12.4 Å². The van der Waals surface area contributed by atoms with Crippen LogP contribution in [0.3, 0.4) is 0 Å². The monoisotopic (exact) mass is 292 g/mol. The normalized spacial score (nSPS) is 12.2. The van der Waals surface area contributed by atoms with E-state index < -0.39 is 11.6 Å². The van der Waals surface area contributed by atoms with Gasteiger partial charge in [0.1, 0.15) is 5.75 Å². The molecule has 0 aliphatic heterocycles. The molecule has 3 nitrogen and oxygen atoms in total. The molecule has 2 N–H and O–H groups in total. The summed E-state index contributed by atoms with van der Waals surface area (Å²) in [6, 6.07) is 5.28. The molecule has 0 bridgehead atoms. The molecule has 0 radical (unpaired) electrons. The number of nitrogens with two attached hydrogens (primary N) is 1. The van der Waals surface area contributed by atoms with Gasteiger partial charge in [0.25, 0.3) is 0 Å². The van der Waals surface area contributed by atoms with Crippen molar-refractivity contribution in [3.8, 4) is 5.75 Å². The molecule has 5 heteroatoms. The molecular formula is C16H18F2N2O. The minimum absolute atomic E-state index is 0.354. The van der Waals surface area contributed by atoms with E-state index >= 15 is 0 Å². The summed E-state index contributed by atoms with van der Waals surface area (Å²) in [6.07, 6.45) is 4.59. The number of halogens is 2. The molecule has 0 amide bonds. The van der Waals surface area contributed by atoms with Crippen molar-refractivity contribution >= 4 is 0 Å². The zero-order chi connectivity index (χ0) is 15.2. The second-order valence-corrected chi connectivity index (χ2v) is 4.86. The highest BCUT2D eigenvalue weighted by molar-refractivity contribution is 5.28. The van der Waals surface area contributed by atoms with Gasteiger partial charge in [-0.25, -0.2) is 8.78 Å². The average Bonchev–Trinajstić information content (AvgIpc) is 2.49. The fourth-order valence-electron chi connectivity index (χ4n) is 1.98. The van der Waals surface area contributed by atoms with Crippen LogP contribution in [0.15, 0.2) is 36.7 Å². The molecule has 1 aromatic heterocycles. The Bertz CT molecular complexity index is 605. The number of benzene rings is 1. The van der Waals surface area contributed by atoms with E-state index in [4.69, 9.17) is 10.5 Å². The molecule has 0 fully saturated rings. The van der Waals surface area contributed by atoms with Crippen LogP contribution < -0.4 is 10.5 Å². The summed E-state index contributed by atoms with van der Waals surface area (Å²) < 4.78 is 31.6. The van der Waals surface area contributed by atoms with Crippen LogP contribution in [-0.4, -0.2) is 11.6 Å². The van der Waals surface area contributed by atoms with Gasteiger partial charge in [-0.2, -0.15) is 0 Å². The minimum atomic E-state index is -0.863. The Morgan fingerprint density at radius 2 is 2.00 bits per heavy atom. The molecule has 0 saturated heterocycles. The fraction of sp³-hybridized carbons (Fsp3) is 0.312. The number of aromatic nitrogens is 1. The molecule has 2 aromatic rings. The summed E-state index contributed by atoms with van der Waals surface area (Å²) in [5.41, 5.74) is 7.54. The van der Waals surface area contributed by atoms with Gasteiger partial charge >= 0.3 is 0 Å². The Labute approximate surface area is 122 Å². The van der Waals surface area contributed by atoms with E-state index in [0.29, 0.717) is 24.3 Å². The van der Waals surface area contributed by atoms with Crippen LogP contribution in [0.25, 0.3) is 0 Å². The third kappa shape index (κ3) is 4.23. The minimum Gasteiger partial charge on any atom is -0.492 e. The molecule has 1 heterocycles. The molecule has 112 valence electrons. The first-order valence-corrected chi connectivity index (χ1v) is 6.87. The molecule has 21 heavy (non-hydrogen) atoms. The van der Waals surface area contributed by atoms with Crippen LogP contribution in [0.4, 0.5) is 8.78 Å².